The molecule has 0 atom stereocenters. The van der Waals surface area contributed by atoms with E-state index in [0.717, 1.165) is 27.8 Å². The summed E-state index contributed by atoms with van der Waals surface area (Å²) in [5.74, 6) is -2.98. The van der Waals surface area contributed by atoms with E-state index in [2.05, 4.69) is 42.8 Å². The summed E-state index contributed by atoms with van der Waals surface area (Å²) in [5, 5.41) is 14.5. The molecule has 0 bridgehead atoms. The fourth-order valence-electron chi connectivity index (χ4n) is 2.71. The maximum absolute atomic E-state index is 13.2. The summed E-state index contributed by atoms with van der Waals surface area (Å²) in [6.07, 6.45) is 1.25. The summed E-state index contributed by atoms with van der Waals surface area (Å²) in [6.45, 7) is 3.97. The number of amides is 2. The number of thiol groups is 1. The van der Waals surface area contributed by atoms with Gasteiger partial charge in [-0.3, -0.25) is 4.79 Å². The predicted octanol–water partition coefficient (Wildman–Crippen LogP) is 6.24. The standard InChI is InChI=1S/C19H12F2N2O2S.C3H8.C2H5NO2/c20-15-6-2-10(7-16(15)21)22-19(24)23-11-1-4-13-14-5-3-12(26)9-18(14)25-17(13)8-11;1-3-2;3-1-2(4)5/h1-9,26H,(H2,22,23,24);3H2,1-2H3;1,3H2,(H,4,5). The lowest BCUT2D eigenvalue weighted by Gasteiger charge is -2.08. The molecule has 4 aromatic rings. The summed E-state index contributed by atoms with van der Waals surface area (Å²) < 4.78 is 31.9. The van der Waals surface area contributed by atoms with Crippen LogP contribution in [0.3, 0.4) is 0 Å². The number of aliphatic carboxylic acids is 1. The zero-order valence-electron chi connectivity index (χ0n) is 18.6. The quantitative estimate of drug-likeness (QED) is 0.218. The molecule has 10 heteroatoms. The van der Waals surface area contributed by atoms with Crippen molar-refractivity contribution in [2.75, 3.05) is 17.2 Å². The van der Waals surface area contributed by atoms with Gasteiger partial charge in [-0.05, 0) is 42.5 Å². The number of anilines is 2. The Bertz CT molecular complexity index is 1290. The van der Waals surface area contributed by atoms with Crippen LogP contribution in [0.25, 0.3) is 21.9 Å². The molecule has 1 heterocycles. The summed E-state index contributed by atoms with van der Waals surface area (Å²) in [5.41, 5.74) is 6.54. The molecule has 0 unspecified atom stereocenters. The van der Waals surface area contributed by atoms with Gasteiger partial charge in [-0.1, -0.05) is 20.3 Å². The number of carbonyl (C=O) groups is 2. The molecule has 4 rings (SSSR count). The molecular formula is C24H25F2N3O4S. The lowest BCUT2D eigenvalue weighted by atomic mass is 10.1. The monoisotopic (exact) mass is 489 g/mol. The van der Waals surface area contributed by atoms with Gasteiger partial charge < -0.3 is 25.9 Å². The number of carbonyl (C=O) groups excluding carboxylic acids is 1. The molecule has 180 valence electrons. The van der Waals surface area contributed by atoms with E-state index in [-0.39, 0.29) is 12.2 Å². The maximum atomic E-state index is 13.2. The van der Waals surface area contributed by atoms with E-state index in [1.807, 2.05) is 24.3 Å². The van der Waals surface area contributed by atoms with Gasteiger partial charge in [-0.15, -0.1) is 12.6 Å². The van der Waals surface area contributed by atoms with Gasteiger partial charge in [0.2, 0.25) is 0 Å². The summed E-state index contributed by atoms with van der Waals surface area (Å²) >= 11 is 4.29. The molecule has 7 nitrogen and oxygen atoms in total. The van der Waals surface area contributed by atoms with E-state index >= 15 is 0 Å². The Morgan fingerprint density at radius 3 is 1.97 bits per heavy atom. The Labute approximate surface area is 200 Å². The van der Waals surface area contributed by atoms with Crippen molar-refractivity contribution in [3.05, 3.63) is 66.2 Å². The topological polar surface area (TPSA) is 118 Å². The first kappa shape index (κ1) is 26.6. The Morgan fingerprint density at radius 1 is 0.912 bits per heavy atom. The molecule has 0 fully saturated rings. The minimum absolute atomic E-state index is 0.146. The van der Waals surface area contributed by atoms with Crippen LogP contribution in [0.15, 0.2) is 63.9 Å². The van der Waals surface area contributed by atoms with Crippen molar-refractivity contribution >= 4 is 57.9 Å². The number of halogens is 2. The molecule has 0 aliphatic heterocycles. The van der Waals surface area contributed by atoms with E-state index in [0.29, 0.717) is 16.9 Å². The maximum Gasteiger partial charge on any atom is 0.323 e. The van der Waals surface area contributed by atoms with E-state index in [1.54, 1.807) is 12.1 Å². The van der Waals surface area contributed by atoms with Crippen LogP contribution >= 0.6 is 12.6 Å². The molecule has 5 N–H and O–H groups in total. The zero-order chi connectivity index (χ0) is 25.3. The van der Waals surface area contributed by atoms with Crippen LogP contribution in [-0.4, -0.2) is 23.7 Å². The van der Waals surface area contributed by atoms with Crippen LogP contribution in [0.4, 0.5) is 25.0 Å². The molecule has 0 aliphatic carbocycles. The van der Waals surface area contributed by atoms with Gasteiger partial charge in [0, 0.05) is 39.2 Å². The normalized spacial score (nSPS) is 10.1. The number of urea groups is 1. The van der Waals surface area contributed by atoms with Gasteiger partial charge >= 0.3 is 12.0 Å². The molecule has 0 aliphatic rings. The first-order valence-electron chi connectivity index (χ1n) is 10.3. The second-order valence-corrected chi connectivity index (χ2v) is 7.52. The number of nitrogens with two attached hydrogens (primary N) is 1. The fraction of sp³-hybridized carbons (Fsp3) is 0.167. The highest BCUT2D eigenvalue weighted by Crippen LogP contribution is 2.31. The molecule has 0 spiro atoms. The van der Waals surface area contributed by atoms with Crippen LogP contribution in [0.1, 0.15) is 20.3 Å². The number of hydrogen-bond donors (Lipinski definition) is 5. The number of carboxylic acids is 1. The predicted molar refractivity (Wildman–Crippen MR) is 133 cm³/mol. The van der Waals surface area contributed by atoms with Crippen LogP contribution in [0.5, 0.6) is 0 Å². The SMILES string of the molecule is CCC.NCC(=O)O.O=C(Nc1ccc(F)c(F)c1)Nc1ccc2c(c1)oc1cc(S)ccc12. The third-order valence-electron chi connectivity index (χ3n) is 4.07. The number of rotatable bonds is 3. The average Bonchev–Trinajstić information content (AvgIpc) is 3.13. The number of carboxylic acid groups (broad SMARTS) is 1. The molecule has 0 saturated carbocycles. The minimum Gasteiger partial charge on any atom is -0.480 e. The van der Waals surface area contributed by atoms with Crippen LogP contribution in [0.2, 0.25) is 0 Å². The number of nitrogens with one attached hydrogen (secondary N) is 2. The number of fused-ring (bicyclic) bond motifs is 3. The number of furan rings is 1. The van der Waals surface area contributed by atoms with Crippen molar-refractivity contribution < 1.29 is 27.9 Å². The smallest absolute Gasteiger partial charge is 0.323 e. The number of benzene rings is 3. The van der Waals surface area contributed by atoms with E-state index in [9.17, 15) is 18.4 Å². The molecule has 0 saturated heterocycles. The van der Waals surface area contributed by atoms with Crippen molar-refractivity contribution in [3.63, 3.8) is 0 Å². The first-order valence-corrected chi connectivity index (χ1v) is 10.7. The van der Waals surface area contributed by atoms with Crippen LogP contribution in [-0.2, 0) is 4.79 Å². The molecule has 34 heavy (non-hydrogen) atoms. The van der Waals surface area contributed by atoms with Gasteiger partial charge in [0.1, 0.15) is 11.2 Å². The van der Waals surface area contributed by atoms with E-state index in [1.165, 1.54) is 12.5 Å². The van der Waals surface area contributed by atoms with Gasteiger partial charge in [-0.2, -0.15) is 0 Å². The largest absolute Gasteiger partial charge is 0.480 e. The Morgan fingerprint density at radius 2 is 1.41 bits per heavy atom. The fourth-order valence-corrected chi connectivity index (χ4v) is 2.90. The van der Waals surface area contributed by atoms with Crippen molar-refractivity contribution in [3.8, 4) is 0 Å². The highest BCUT2D eigenvalue weighted by Gasteiger charge is 2.10. The highest BCUT2D eigenvalue weighted by atomic mass is 32.1. The van der Waals surface area contributed by atoms with Crippen molar-refractivity contribution in [1.82, 2.24) is 0 Å². The number of hydrogen-bond acceptors (Lipinski definition) is 5. The lowest BCUT2D eigenvalue weighted by molar-refractivity contribution is -0.135. The second-order valence-electron chi connectivity index (χ2n) is 7.01. The second kappa shape index (κ2) is 12.6. The summed E-state index contributed by atoms with van der Waals surface area (Å²) in [4.78, 5) is 22.1. The first-order chi connectivity index (χ1) is 16.2. The third-order valence-corrected chi connectivity index (χ3v) is 4.35. The summed E-state index contributed by atoms with van der Waals surface area (Å²) in [7, 11) is 0. The lowest BCUT2D eigenvalue weighted by Crippen LogP contribution is -2.19. The Hall–Kier alpha value is -3.63. The molecule has 2 amide bonds. The van der Waals surface area contributed by atoms with Gasteiger partial charge in [0.15, 0.2) is 11.6 Å². The minimum atomic E-state index is -1.03. The summed E-state index contributed by atoms with van der Waals surface area (Å²) in [6, 6.07) is 13.4. The van der Waals surface area contributed by atoms with Crippen LogP contribution in [0, 0.1) is 11.6 Å². The molecular weight excluding hydrogens is 464 g/mol. The third kappa shape index (κ3) is 7.46. The van der Waals surface area contributed by atoms with Gasteiger partial charge in [-0.25, -0.2) is 13.6 Å². The van der Waals surface area contributed by atoms with Crippen molar-refractivity contribution in [2.45, 2.75) is 25.2 Å². The van der Waals surface area contributed by atoms with E-state index in [4.69, 9.17) is 9.52 Å². The molecule has 1 aromatic heterocycles. The zero-order valence-corrected chi connectivity index (χ0v) is 19.5. The van der Waals surface area contributed by atoms with Gasteiger partial charge in [0.25, 0.3) is 0 Å². The van der Waals surface area contributed by atoms with E-state index < -0.39 is 23.6 Å². The van der Waals surface area contributed by atoms with Crippen molar-refractivity contribution in [1.29, 1.82) is 0 Å². The van der Waals surface area contributed by atoms with Crippen LogP contribution < -0.4 is 16.4 Å². The average molecular weight is 490 g/mol. The molecule has 3 aromatic carbocycles. The Balaban J connectivity index is 0.000000447. The van der Waals surface area contributed by atoms with Gasteiger partial charge in [0.05, 0.1) is 6.54 Å². The highest BCUT2D eigenvalue weighted by molar-refractivity contribution is 7.80. The molecule has 0 radical (unpaired) electrons. The van der Waals surface area contributed by atoms with Crippen molar-refractivity contribution in [2.24, 2.45) is 5.73 Å². The Kier molecular flexibility index (Phi) is 9.84.